The number of benzene rings is 1. The van der Waals surface area contributed by atoms with Crippen molar-refractivity contribution >= 4 is 24.6 Å². The first-order chi connectivity index (χ1) is 10.9. The van der Waals surface area contributed by atoms with E-state index in [4.69, 9.17) is 9.47 Å². The highest BCUT2D eigenvalue weighted by atomic mass is 32.1. The molecule has 0 aliphatic rings. The van der Waals surface area contributed by atoms with Crippen LogP contribution in [-0.4, -0.2) is 23.6 Å². The number of nitrogens with zero attached hydrogens (tertiary/aromatic N) is 1. The van der Waals surface area contributed by atoms with Crippen LogP contribution in [0.15, 0.2) is 18.2 Å². The van der Waals surface area contributed by atoms with Gasteiger partial charge in [0, 0.05) is 24.7 Å². The fraction of sp³-hybridized carbons (Fsp3) is 0.429. The van der Waals surface area contributed by atoms with Crippen LogP contribution in [-0.2, 0) is 20.2 Å². The summed E-state index contributed by atoms with van der Waals surface area (Å²) in [6.07, 6.45) is 0.907. The van der Waals surface area contributed by atoms with Crippen LogP contribution in [0.3, 0.4) is 0 Å². The summed E-state index contributed by atoms with van der Waals surface area (Å²) in [6.45, 7) is 1.24. The topological polar surface area (TPSA) is 105 Å². The second kappa shape index (κ2) is 9.67. The maximum absolute atomic E-state index is 11.7. The van der Waals surface area contributed by atoms with Gasteiger partial charge in [0.1, 0.15) is 11.5 Å². The molecule has 0 N–H and O–H groups in total. The van der Waals surface area contributed by atoms with E-state index in [2.05, 4.69) is 17.5 Å². The molecule has 0 atom stereocenters. The smallest absolute Gasteiger partial charge is 0.311 e. The summed E-state index contributed by atoms with van der Waals surface area (Å²) in [5.74, 6) is 0.0820. The molecule has 0 spiro atoms. The summed E-state index contributed by atoms with van der Waals surface area (Å²) in [5.41, 5.74) is 0.619. The molecule has 1 aromatic rings. The molecule has 0 saturated heterocycles. The SMILES string of the molecule is CC(=O)Oc1ccc(OC(=O)CCCCO[N+](=O)[O-])cc1CS. The normalized spacial score (nSPS) is 10.0. The molecule has 0 aliphatic carbocycles. The Bertz CT molecular complexity index is 576. The van der Waals surface area contributed by atoms with Crippen molar-refractivity contribution in [3.05, 3.63) is 33.9 Å². The van der Waals surface area contributed by atoms with Crippen LogP contribution in [0, 0.1) is 10.1 Å². The zero-order valence-electron chi connectivity index (χ0n) is 12.5. The van der Waals surface area contributed by atoms with Crippen LogP contribution in [0.5, 0.6) is 11.5 Å². The van der Waals surface area contributed by atoms with Gasteiger partial charge in [0.15, 0.2) is 0 Å². The van der Waals surface area contributed by atoms with Crippen LogP contribution in [0.4, 0.5) is 0 Å². The molecule has 1 rings (SSSR count). The highest BCUT2D eigenvalue weighted by Gasteiger charge is 2.10. The van der Waals surface area contributed by atoms with Crippen LogP contribution in [0.25, 0.3) is 0 Å². The predicted molar refractivity (Wildman–Crippen MR) is 82.9 cm³/mol. The molecule has 0 unspecified atom stereocenters. The third-order valence-corrected chi connectivity index (χ3v) is 3.00. The highest BCUT2D eigenvalue weighted by molar-refractivity contribution is 7.79. The van der Waals surface area contributed by atoms with Gasteiger partial charge in [-0.1, -0.05) is 0 Å². The molecule has 0 aliphatic heterocycles. The van der Waals surface area contributed by atoms with Crippen LogP contribution in [0.2, 0.25) is 0 Å². The van der Waals surface area contributed by atoms with Gasteiger partial charge in [-0.3, -0.25) is 9.59 Å². The molecule has 0 amide bonds. The van der Waals surface area contributed by atoms with Gasteiger partial charge in [-0.25, -0.2) is 0 Å². The number of hydrogen-bond acceptors (Lipinski definition) is 8. The number of rotatable bonds is 9. The van der Waals surface area contributed by atoms with E-state index in [1.165, 1.54) is 19.1 Å². The zero-order chi connectivity index (χ0) is 17.2. The van der Waals surface area contributed by atoms with Crippen molar-refractivity contribution in [2.75, 3.05) is 6.61 Å². The fourth-order valence-corrected chi connectivity index (χ4v) is 1.94. The molecule has 0 fully saturated rings. The molecule has 0 saturated carbocycles. The van der Waals surface area contributed by atoms with Gasteiger partial charge in [-0.05, 0) is 31.0 Å². The average Bonchev–Trinajstić information content (AvgIpc) is 2.47. The Morgan fingerprint density at radius 2 is 2.00 bits per heavy atom. The average molecular weight is 343 g/mol. The number of carbonyl (C=O) groups is 2. The number of hydrogen-bond donors (Lipinski definition) is 1. The molecule has 126 valence electrons. The Labute approximate surface area is 138 Å². The van der Waals surface area contributed by atoms with E-state index >= 15 is 0 Å². The first kappa shape index (κ1) is 18.8. The highest BCUT2D eigenvalue weighted by Crippen LogP contribution is 2.26. The lowest BCUT2D eigenvalue weighted by atomic mass is 10.2. The number of thiol groups is 1. The summed E-state index contributed by atoms with van der Waals surface area (Å²) in [6, 6.07) is 4.61. The third-order valence-electron chi connectivity index (χ3n) is 2.66. The fourth-order valence-electron chi connectivity index (χ4n) is 1.69. The van der Waals surface area contributed by atoms with Crippen molar-refractivity contribution in [3.8, 4) is 11.5 Å². The Hall–Kier alpha value is -2.29. The molecule has 0 radical (unpaired) electrons. The number of carbonyl (C=O) groups excluding carboxylic acids is 2. The van der Waals surface area contributed by atoms with Crippen LogP contribution in [0.1, 0.15) is 31.7 Å². The molecular formula is C14H17NO7S. The summed E-state index contributed by atoms with van der Waals surface area (Å²) in [5, 5.41) is 9.07. The minimum atomic E-state index is -0.873. The standard InChI is InChI=1S/C14H17NO7S/c1-10(16)21-13-6-5-12(8-11(13)9-23)22-14(17)4-2-3-7-20-15(18)19/h5-6,8,23H,2-4,7,9H2,1H3. The number of esters is 2. The van der Waals surface area contributed by atoms with Gasteiger partial charge in [-0.2, -0.15) is 12.6 Å². The Morgan fingerprint density at radius 3 is 2.61 bits per heavy atom. The Balaban J connectivity index is 2.48. The summed E-state index contributed by atoms with van der Waals surface area (Å²) >= 11 is 4.14. The minimum absolute atomic E-state index is 0.0544. The van der Waals surface area contributed by atoms with Gasteiger partial charge < -0.3 is 14.3 Å². The quantitative estimate of drug-likeness (QED) is 0.183. The van der Waals surface area contributed by atoms with Gasteiger partial charge in [0.05, 0.1) is 6.61 Å². The first-order valence-corrected chi connectivity index (χ1v) is 7.45. The van der Waals surface area contributed by atoms with E-state index in [9.17, 15) is 19.7 Å². The van der Waals surface area contributed by atoms with Crippen molar-refractivity contribution in [2.45, 2.75) is 31.9 Å². The van der Waals surface area contributed by atoms with Crippen LogP contribution >= 0.6 is 12.6 Å². The molecule has 0 aromatic heterocycles. The number of ether oxygens (including phenoxy) is 2. The summed E-state index contributed by atoms with van der Waals surface area (Å²) < 4.78 is 10.2. The van der Waals surface area contributed by atoms with Crippen molar-refractivity contribution in [3.63, 3.8) is 0 Å². The van der Waals surface area contributed by atoms with E-state index in [1.54, 1.807) is 6.07 Å². The predicted octanol–water partition coefficient (Wildman–Crippen LogP) is 2.33. The maximum Gasteiger partial charge on any atom is 0.311 e. The third kappa shape index (κ3) is 7.50. The molecule has 1 aromatic carbocycles. The van der Waals surface area contributed by atoms with Gasteiger partial charge in [0.2, 0.25) is 0 Å². The lowest BCUT2D eigenvalue weighted by Crippen LogP contribution is -2.09. The molecule has 0 heterocycles. The number of unbranched alkanes of at least 4 members (excludes halogenated alkanes) is 1. The molecule has 23 heavy (non-hydrogen) atoms. The van der Waals surface area contributed by atoms with Crippen molar-refractivity contribution in [2.24, 2.45) is 0 Å². The zero-order valence-corrected chi connectivity index (χ0v) is 13.4. The second-order valence-corrected chi connectivity index (χ2v) is 4.83. The monoisotopic (exact) mass is 343 g/mol. The molecular weight excluding hydrogens is 326 g/mol. The minimum Gasteiger partial charge on any atom is -0.427 e. The lowest BCUT2D eigenvalue weighted by molar-refractivity contribution is -0.757. The largest absolute Gasteiger partial charge is 0.427 e. The Morgan fingerprint density at radius 1 is 1.26 bits per heavy atom. The van der Waals surface area contributed by atoms with E-state index in [1.807, 2.05) is 0 Å². The van der Waals surface area contributed by atoms with Crippen molar-refractivity contribution < 1.29 is 29.0 Å². The van der Waals surface area contributed by atoms with Gasteiger partial charge in [0.25, 0.3) is 5.09 Å². The van der Waals surface area contributed by atoms with Crippen molar-refractivity contribution in [1.29, 1.82) is 0 Å². The second-order valence-electron chi connectivity index (χ2n) is 4.51. The lowest BCUT2D eigenvalue weighted by Gasteiger charge is -2.10. The van der Waals surface area contributed by atoms with E-state index in [0.29, 0.717) is 35.7 Å². The molecule has 0 bridgehead atoms. The van der Waals surface area contributed by atoms with E-state index in [-0.39, 0.29) is 13.0 Å². The van der Waals surface area contributed by atoms with E-state index in [0.717, 1.165) is 0 Å². The summed E-state index contributed by atoms with van der Waals surface area (Å²) in [7, 11) is 0. The maximum atomic E-state index is 11.7. The first-order valence-electron chi connectivity index (χ1n) is 6.82. The summed E-state index contributed by atoms with van der Waals surface area (Å²) in [4.78, 5) is 36.7. The van der Waals surface area contributed by atoms with Gasteiger partial charge >= 0.3 is 11.9 Å². The molecule has 8 nitrogen and oxygen atoms in total. The molecule has 9 heteroatoms. The van der Waals surface area contributed by atoms with Crippen molar-refractivity contribution in [1.82, 2.24) is 0 Å². The van der Waals surface area contributed by atoms with Gasteiger partial charge in [-0.15, -0.1) is 10.1 Å². The van der Waals surface area contributed by atoms with Crippen LogP contribution < -0.4 is 9.47 Å². The van der Waals surface area contributed by atoms with E-state index < -0.39 is 17.0 Å². The Kier molecular flexibility index (Phi) is 7.89.